The molecule has 1 heterocycles. The van der Waals surface area contributed by atoms with Gasteiger partial charge in [0, 0.05) is 4.92 Å². The molecule has 0 spiro atoms. The largest absolute Gasteiger partial charge is 0.443 e. The quantitative estimate of drug-likeness (QED) is 0.481. The molecule has 0 fully saturated rings. The molecule has 0 bridgehead atoms. The van der Waals surface area contributed by atoms with Gasteiger partial charge in [-0.05, 0) is 31.8 Å². The maximum atomic E-state index is 12.1. The first-order valence-electron chi connectivity index (χ1n) is 6.74. The average Bonchev–Trinajstić information content (AvgIpc) is 2.75. The Bertz CT molecular complexity index is 797. The lowest BCUT2D eigenvalue weighted by atomic mass is 10.2. The maximum Gasteiger partial charge on any atom is 0.424 e. The molecule has 25 heavy (non-hydrogen) atoms. The monoisotopic (exact) mass is 417 g/mol. The van der Waals surface area contributed by atoms with Crippen molar-refractivity contribution in [3.8, 4) is 0 Å². The third-order valence-corrected chi connectivity index (χ3v) is 6.55. The number of amides is 1. The number of carbonyl (C=O) groups excluding carboxylic acids is 1. The summed E-state index contributed by atoms with van der Waals surface area (Å²) in [4.78, 5) is 22.3. The smallest absolute Gasteiger partial charge is 0.424 e. The van der Waals surface area contributed by atoms with Crippen LogP contribution in [-0.4, -0.2) is 61.2 Å². The van der Waals surface area contributed by atoms with Gasteiger partial charge in [-0.25, -0.2) is 31.1 Å². The lowest BCUT2D eigenvalue weighted by Crippen LogP contribution is -2.46. The fraction of sp³-hybridized carbons (Fsp3) is 0.727. The third kappa shape index (κ3) is 5.83. The number of rotatable bonds is 5. The molecule has 2 N–H and O–H groups in total. The summed E-state index contributed by atoms with van der Waals surface area (Å²) in [7, 11) is -8.53. The zero-order valence-corrected chi connectivity index (χ0v) is 16.4. The Morgan fingerprint density at radius 1 is 1.40 bits per heavy atom. The lowest BCUT2D eigenvalue weighted by molar-refractivity contribution is -0.492. The van der Waals surface area contributed by atoms with Gasteiger partial charge in [0.2, 0.25) is 20.0 Å². The summed E-state index contributed by atoms with van der Waals surface area (Å²) in [6.45, 7) is 3.84. The van der Waals surface area contributed by atoms with Crippen LogP contribution in [0.1, 0.15) is 20.8 Å². The summed E-state index contributed by atoms with van der Waals surface area (Å²) in [5.41, 5.74) is -1.17. The highest BCUT2D eigenvalue weighted by atomic mass is 32.2. The van der Waals surface area contributed by atoms with Gasteiger partial charge >= 0.3 is 6.09 Å². The Morgan fingerprint density at radius 3 is 2.28 bits per heavy atom. The number of ether oxygens (including phenoxy) is 1. The van der Waals surface area contributed by atoms with Crippen LogP contribution in [0.2, 0.25) is 0 Å². The molecular weight excluding hydrogens is 398 g/mol. The minimum atomic E-state index is -4.40. The molecule has 1 amide bonds. The van der Waals surface area contributed by atoms with E-state index in [1.807, 2.05) is 0 Å². The molecule has 0 radical (unpaired) electrons. The zero-order valence-electron chi connectivity index (χ0n) is 13.9. The van der Waals surface area contributed by atoms with Gasteiger partial charge < -0.3 is 4.74 Å². The second-order valence-electron chi connectivity index (χ2n) is 6.26. The number of nitro groups is 1. The molecule has 2 unspecified atom stereocenters. The molecule has 1 aliphatic heterocycles. The summed E-state index contributed by atoms with van der Waals surface area (Å²) in [5, 5.41) is 13.8. The minimum Gasteiger partial charge on any atom is -0.443 e. The molecule has 11 nitrogen and oxygen atoms in total. The number of nitrogens with two attached hydrogens (primary N) is 1. The third-order valence-electron chi connectivity index (χ3n) is 2.87. The van der Waals surface area contributed by atoms with E-state index in [0.717, 1.165) is 11.7 Å². The van der Waals surface area contributed by atoms with Crippen molar-refractivity contribution in [2.45, 2.75) is 37.0 Å². The Kier molecular flexibility index (Phi) is 6.14. The van der Waals surface area contributed by atoms with Crippen molar-refractivity contribution < 1.29 is 31.3 Å². The molecule has 0 aromatic rings. The summed E-state index contributed by atoms with van der Waals surface area (Å²) >= 11 is 0.577. The number of hydrogen-bond donors (Lipinski definition) is 1. The van der Waals surface area contributed by atoms with Crippen LogP contribution in [0.25, 0.3) is 0 Å². The van der Waals surface area contributed by atoms with Crippen molar-refractivity contribution in [1.82, 2.24) is 4.31 Å². The van der Waals surface area contributed by atoms with Crippen LogP contribution in [0.4, 0.5) is 4.79 Å². The van der Waals surface area contributed by atoms with Gasteiger partial charge in [-0.3, -0.25) is 10.1 Å². The summed E-state index contributed by atoms with van der Waals surface area (Å²) in [5.74, 6) is 0. The molecule has 0 aromatic carbocycles. The molecule has 144 valence electrons. The predicted molar refractivity (Wildman–Crippen MR) is 91.1 cm³/mol. The second-order valence-corrected chi connectivity index (χ2v) is 10.8. The highest BCUT2D eigenvalue weighted by molar-refractivity contribution is 8.04. The van der Waals surface area contributed by atoms with E-state index >= 15 is 0 Å². The molecule has 14 heteroatoms. The number of carbonyl (C=O) groups is 1. The fourth-order valence-corrected chi connectivity index (χ4v) is 5.31. The summed E-state index contributed by atoms with van der Waals surface area (Å²) in [6, 6.07) is 0. The standard InChI is InChI=1S/C11H19N3O8S3/c1-11(2,3)22-10(15)13(24(4,18)19)5-7-6-23-9(14(16)17)8(7)25(12,20)21/h6,8-9H,5H2,1-4H3,(H2,12,20,21). The average molecular weight is 417 g/mol. The SMILES string of the molecule is CC(C)(C)OC(=O)N(CC1=CSC([N+](=O)[O-])C1S(N)(=O)=O)S(C)(=O)=O. The van der Waals surface area contributed by atoms with Crippen LogP contribution in [-0.2, 0) is 24.8 Å². The Morgan fingerprint density at radius 2 is 1.92 bits per heavy atom. The van der Waals surface area contributed by atoms with Gasteiger partial charge in [0.1, 0.15) is 5.60 Å². The number of thioether (sulfide) groups is 1. The van der Waals surface area contributed by atoms with Crippen LogP contribution in [0.15, 0.2) is 11.0 Å². The van der Waals surface area contributed by atoms with E-state index in [0.29, 0.717) is 16.1 Å². The van der Waals surface area contributed by atoms with Gasteiger partial charge in [0.25, 0.3) is 5.37 Å². The summed E-state index contributed by atoms with van der Waals surface area (Å²) in [6.07, 6.45) is -0.491. The molecular formula is C11H19N3O8S3. The molecule has 1 rings (SSSR count). The van der Waals surface area contributed by atoms with Crippen molar-refractivity contribution in [3.05, 3.63) is 21.1 Å². The second kappa shape index (κ2) is 7.09. The van der Waals surface area contributed by atoms with E-state index < -0.39 is 53.8 Å². The zero-order chi connectivity index (χ0) is 19.8. The topological polar surface area (TPSA) is 167 Å². The van der Waals surface area contributed by atoms with Gasteiger partial charge in [0.15, 0.2) is 5.25 Å². The normalized spacial score (nSPS) is 21.6. The first kappa shape index (κ1) is 21.7. The summed E-state index contributed by atoms with van der Waals surface area (Å²) < 4.78 is 52.5. The molecule has 1 aliphatic rings. The van der Waals surface area contributed by atoms with E-state index in [4.69, 9.17) is 9.88 Å². The van der Waals surface area contributed by atoms with Crippen LogP contribution >= 0.6 is 11.8 Å². The number of sulfonamides is 2. The Balaban J connectivity index is 3.21. The highest BCUT2D eigenvalue weighted by Crippen LogP contribution is 2.35. The van der Waals surface area contributed by atoms with Crippen LogP contribution in [0, 0.1) is 10.1 Å². The lowest BCUT2D eigenvalue weighted by Gasteiger charge is -2.27. The van der Waals surface area contributed by atoms with Crippen LogP contribution < -0.4 is 5.14 Å². The van der Waals surface area contributed by atoms with Crippen LogP contribution in [0.5, 0.6) is 0 Å². The van der Waals surface area contributed by atoms with E-state index in [-0.39, 0.29) is 5.57 Å². The van der Waals surface area contributed by atoms with Gasteiger partial charge in [-0.15, -0.1) is 0 Å². The number of nitrogens with zero attached hydrogens (tertiary/aromatic N) is 2. The van der Waals surface area contributed by atoms with E-state index in [1.165, 1.54) is 20.8 Å². The first-order valence-corrected chi connectivity index (χ1v) is 11.1. The van der Waals surface area contributed by atoms with Crippen LogP contribution in [0.3, 0.4) is 0 Å². The van der Waals surface area contributed by atoms with Crippen molar-refractivity contribution in [2.75, 3.05) is 12.8 Å². The van der Waals surface area contributed by atoms with Crippen molar-refractivity contribution >= 4 is 37.9 Å². The molecule has 0 aliphatic carbocycles. The molecule has 0 saturated carbocycles. The number of primary sulfonamides is 1. The number of hydrogen-bond acceptors (Lipinski definition) is 9. The van der Waals surface area contributed by atoms with Crippen molar-refractivity contribution in [1.29, 1.82) is 0 Å². The van der Waals surface area contributed by atoms with Crippen molar-refractivity contribution in [2.24, 2.45) is 5.14 Å². The van der Waals surface area contributed by atoms with E-state index in [9.17, 15) is 31.7 Å². The minimum absolute atomic E-state index is 0.175. The Hall–Kier alpha value is -1.38. The highest BCUT2D eigenvalue weighted by Gasteiger charge is 2.48. The van der Waals surface area contributed by atoms with E-state index in [2.05, 4.69) is 0 Å². The van der Waals surface area contributed by atoms with Crippen molar-refractivity contribution in [3.63, 3.8) is 0 Å². The molecule has 0 aromatic heterocycles. The predicted octanol–water partition coefficient (Wildman–Crippen LogP) is 0.0737. The molecule has 2 atom stereocenters. The first-order chi connectivity index (χ1) is 11.0. The molecule has 0 saturated heterocycles. The fourth-order valence-electron chi connectivity index (χ4n) is 1.94. The Labute approximate surface area is 149 Å². The van der Waals surface area contributed by atoms with Gasteiger partial charge in [0.05, 0.1) is 12.8 Å². The maximum absolute atomic E-state index is 12.1. The van der Waals surface area contributed by atoms with E-state index in [1.54, 1.807) is 0 Å². The van der Waals surface area contributed by atoms with Gasteiger partial charge in [-0.2, -0.15) is 0 Å². The van der Waals surface area contributed by atoms with Gasteiger partial charge in [-0.1, -0.05) is 11.8 Å².